The number of carbonyl (C=O) groups excluding carboxylic acids is 2. The largest absolute Gasteiger partial charge is 0.493 e. The lowest BCUT2D eigenvalue weighted by Crippen LogP contribution is -2.41. The molecule has 7 heteroatoms. The summed E-state index contributed by atoms with van der Waals surface area (Å²) in [6.45, 7) is 0.0524. The molecule has 1 N–H and O–H groups in total. The van der Waals surface area contributed by atoms with Crippen molar-refractivity contribution in [3.8, 4) is 17.2 Å². The molecule has 1 aliphatic heterocycles. The number of fused-ring (bicyclic) bond motifs is 1. The molecule has 2 aromatic carbocycles. The number of anilines is 2. The molecule has 0 saturated carbocycles. The number of nitrogens with zero attached hydrogens (tertiary/aromatic N) is 1. The molecule has 7 nitrogen and oxygen atoms in total. The van der Waals surface area contributed by atoms with E-state index in [9.17, 15) is 9.59 Å². The average molecular weight is 342 g/mol. The van der Waals surface area contributed by atoms with Gasteiger partial charge in [-0.2, -0.15) is 0 Å². The van der Waals surface area contributed by atoms with Gasteiger partial charge in [0.25, 0.3) is 0 Å². The molecule has 0 saturated heterocycles. The maximum atomic E-state index is 12.4. The summed E-state index contributed by atoms with van der Waals surface area (Å²) in [6, 6.07) is 12.2. The third-order valence-corrected chi connectivity index (χ3v) is 3.75. The van der Waals surface area contributed by atoms with Crippen molar-refractivity contribution in [2.45, 2.75) is 0 Å². The molecule has 2 aromatic rings. The second-order valence-electron chi connectivity index (χ2n) is 5.42. The number of hydrogen-bond acceptors (Lipinski definition) is 6. The van der Waals surface area contributed by atoms with Crippen molar-refractivity contribution in [1.29, 1.82) is 0 Å². The maximum absolute atomic E-state index is 12.4. The van der Waals surface area contributed by atoms with Crippen LogP contribution in [0.4, 0.5) is 11.4 Å². The molecular formula is C18H18N2O5. The van der Waals surface area contributed by atoms with E-state index in [-0.39, 0.29) is 19.0 Å². The van der Waals surface area contributed by atoms with Crippen LogP contribution in [-0.4, -0.2) is 39.2 Å². The number of methoxy groups -OCH3 is 2. The molecular weight excluding hydrogens is 324 g/mol. The first-order valence-electron chi connectivity index (χ1n) is 7.67. The Balaban J connectivity index is 1.72. The van der Waals surface area contributed by atoms with E-state index < -0.39 is 5.97 Å². The number of carbonyl (C=O) groups is 2. The second kappa shape index (κ2) is 7.12. The molecule has 0 unspecified atom stereocenters. The van der Waals surface area contributed by atoms with Gasteiger partial charge >= 0.3 is 5.97 Å². The summed E-state index contributed by atoms with van der Waals surface area (Å²) in [6.07, 6.45) is 0. The standard InChI is InChI=1S/C18H18N2O5/c1-23-15-8-7-12(9-16(15)24-2)19-17(21)10-20-11-18(22)25-14-6-4-3-5-13(14)20/h3-9H,10-11H2,1-2H3,(H,19,21). The van der Waals surface area contributed by atoms with Gasteiger partial charge in [0.05, 0.1) is 26.5 Å². The van der Waals surface area contributed by atoms with Gasteiger partial charge in [0.1, 0.15) is 6.54 Å². The fraction of sp³-hybridized carbons (Fsp3) is 0.222. The summed E-state index contributed by atoms with van der Waals surface area (Å²) in [5.74, 6) is 0.910. The number of rotatable bonds is 5. The molecule has 0 atom stereocenters. The second-order valence-corrected chi connectivity index (χ2v) is 5.42. The number of esters is 1. The zero-order valence-corrected chi connectivity index (χ0v) is 13.9. The minimum Gasteiger partial charge on any atom is -0.493 e. The SMILES string of the molecule is COc1ccc(NC(=O)CN2CC(=O)Oc3ccccc32)cc1OC. The average Bonchev–Trinajstić information content (AvgIpc) is 2.61. The fourth-order valence-corrected chi connectivity index (χ4v) is 2.63. The Bertz CT molecular complexity index is 806. The summed E-state index contributed by atoms with van der Waals surface area (Å²) in [5, 5.41) is 2.79. The van der Waals surface area contributed by atoms with E-state index in [0.717, 1.165) is 0 Å². The number of nitrogens with one attached hydrogen (secondary N) is 1. The monoisotopic (exact) mass is 342 g/mol. The molecule has 3 rings (SSSR count). The summed E-state index contributed by atoms with van der Waals surface area (Å²) < 4.78 is 15.6. The van der Waals surface area contributed by atoms with E-state index in [1.165, 1.54) is 7.11 Å². The predicted octanol–water partition coefficient (Wildman–Crippen LogP) is 2.07. The quantitative estimate of drug-likeness (QED) is 0.662. The van der Waals surface area contributed by atoms with E-state index >= 15 is 0 Å². The van der Waals surface area contributed by atoms with Crippen molar-refractivity contribution >= 4 is 23.3 Å². The highest BCUT2D eigenvalue weighted by Gasteiger charge is 2.25. The van der Waals surface area contributed by atoms with Gasteiger partial charge in [-0.25, -0.2) is 4.79 Å². The molecule has 25 heavy (non-hydrogen) atoms. The van der Waals surface area contributed by atoms with Gasteiger partial charge in [-0.3, -0.25) is 4.79 Å². The van der Waals surface area contributed by atoms with Crippen LogP contribution < -0.4 is 24.4 Å². The molecule has 1 amide bonds. The van der Waals surface area contributed by atoms with Crippen molar-refractivity contribution < 1.29 is 23.8 Å². The van der Waals surface area contributed by atoms with Crippen molar-refractivity contribution in [1.82, 2.24) is 0 Å². The highest BCUT2D eigenvalue weighted by atomic mass is 16.5. The predicted molar refractivity (Wildman–Crippen MR) is 92.5 cm³/mol. The van der Waals surface area contributed by atoms with Crippen LogP contribution in [0.5, 0.6) is 17.2 Å². The van der Waals surface area contributed by atoms with Crippen LogP contribution in [0.25, 0.3) is 0 Å². The first-order chi connectivity index (χ1) is 12.1. The Morgan fingerprint density at radius 3 is 2.68 bits per heavy atom. The number of amides is 1. The van der Waals surface area contributed by atoms with E-state index in [2.05, 4.69) is 5.32 Å². The number of benzene rings is 2. The first-order valence-corrected chi connectivity index (χ1v) is 7.67. The van der Waals surface area contributed by atoms with Gasteiger partial charge in [0.15, 0.2) is 17.2 Å². The minimum absolute atomic E-state index is 0.0242. The van der Waals surface area contributed by atoms with E-state index in [1.807, 2.05) is 12.1 Å². The number of para-hydroxylation sites is 2. The van der Waals surface area contributed by atoms with Gasteiger partial charge in [0, 0.05) is 11.8 Å². The first kappa shape index (κ1) is 16.6. The van der Waals surface area contributed by atoms with Gasteiger partial charge in [-0.15, -0.1) is 0 Å². The molecule has 0 aliphatic carbocycles. The Labute approximate surface area is 145 Å². The summed E-state index contributed by atoms with van der Waals surface area (Å²) in [4.78, 5) is 25.8. The van der Waals surface area contributed by atoms with Gasteiger partial charge in [-0.05, 0) is 24.3 Å². The highest BCUT2D eigenvalue weighted by molar-refractivity contribution is 5.96. The summed E-state index contributed by atoms with van der Waals surface area (Å²) in [5.41, 5.74) is 1.29. The Hall–Kier alpha value is -3.22. The lowest BCUT2D eigenvalue weighted by atomic mass is 10.2. The molecule has 1 heterocycles. The zero-order chi connectivity index (χ0) is 17.8. The van der Waals surface area contributed by atoms with Crippen molar-refractivity contribution in [2.75, 3.05) is 37.5 Å². The van der Waals surface area contributed by atoms with Crippen LogP contribution in [0.3, 0.4) is 0 Å². The van der Waals surface area contributed by atoms with Crippen molar-refractivity contribution in [3.63, 3.8) is 0 Å². The van der Waals surface area contributed by atoms with Gasteiger partial charge in [0.2, 0.25) is 5.91 Å². The van der Waals surface area contributed by atoms with Crippen molar-refractivity contribution in [3.05, 3.63) is 42.5 Å². The molecule has 0 aromatic heterocycles. The maximum Gasteiger partial charge on any atom is 0.331 e. The van der Waals surface area contributed by atoms with E-state index in [0.29, 0.717) is 28.6 Å². The van der Waals surface area contributed by atoms with Crippen LogP contribution in [0, 0.1) is 0 Å². The molecule has 0 spiro atoms. The number of ether oxygens (including phenoxy) is 3. The Morgan fingerprint density at radius 1 is 1.16 bits per heavy atom. The number of hydrogen-bond donors (Lipinski definition) is 1. The molecule has 0 fully saturated rings. The van der Waals surface area contributed by atoms with Gasteiger partial charge in [-0.1, -0.05) is 12.1 Å². The summed E-state index contributed by atoms with van der Waals surface area (Å²) in [7, 11) is 3.07. The molecule has 130 valence electrons. The van der Waals surface area contributed by atoms with Crippen LogP contribution in [0.1, 0.15) is 0 Å². The Morgan fingerprint density at radius 2 is 1.92 bits per heavy atom. The third-order valence-electron chi connectivity index (χ3n) is 3.75. The molecule has 1 aliphatic rings. The zero-order valence-electron chi connectivity index (χ0n) is 13.9. The summed E-state index contributed by atoms with van der Waals surface area (Å²) >= 11 is 0. The fourth-order valence-electron chi connectivity index (χ4n) is 2.63. The lowest BCUT2D eigenvalue weighted by molar-refractivity contribution is -0.133. The van der Waals surface area contributed by atoms with E-state index in [1.54, 1.807) is 42.3 Å². The third kappa shape index (κ3) is 3.65. The normalized spacial score (nSPS) is 12.9. The molecule has 0 radical (unpaired) electrons. The molecule has 0 bridgehead atoms. The van der Waals surface area contributed by atoms with Crippen LogP contribution >= 0.6 is 0 Å². The highest BCUT2D eigenvalue weighted by Crippen LogP contribution is 2.32. The van der Waals surface area contributed by atoms with Crippen LogP contribution in [0.2, 0.25) is 0 Å². The van der Waals surface area contributed by atoms with E-state index in [4.69, 9.17) is 14.2 Å². The van der Waals surface area contributed by atoms with Gasteiger partial charge < -0.3 is 24.4 Å². The van der Waals surface area contributed by atoms with Crippen molar-refractivity contribution in [2.24, 2.45) is 0 Å². The smallest absolute Gasteiger partial charge is 0.331 e. The Kier molecular flexibility index (Phi) is 4.74. The lowest BCUT2D eigenvalue weighted by Gasteiger charge is -2.29. The topological polar surface area (TPSA) is 77.1 Å². The van der Waals surface area contributed by atoms with Crippen LogP contribution in [-0.2, 0) is 9.59 Å². The van der Waals surface area contributed by atoms with Crippen LogP contribution in [0.15, 0.2) is 42.5 Å². The minimum atomic E-state index is -0.391.